The van der Waals surface area contributed by atoms with Gasteiger partial charge in [0.15, 0.2) is 23.7 Å². The minimum atomic E-state index is -1.43. The maximum atomic E-state index is 12.9. The van der Waals surface area contributed by atoms with E-state index in [9.17, 15) is 19.5 Å². The SMILES string of the molecule is COc1ccc2c3c1O[C@H]1C(OC(=O)[C@H](C)OC(=O)C[C@H](N)C(=O)O)=CC[C@@]4(O)[C@@H](C2)N(C)CC[C@]314.Cl.Cl. The molecule has 1 fully saturated rings. The molecule has 1 spiro atoms. The van der Waals surface area contributed by atoms with E-state index in [-0.39, 0.29) is 43.0 Å². The highest BCUT2D eigenvalue weighted by Gasteiger charge is 2.72. The molecule has 4 N–H and O–H groups in total. The fourth-order valence-electron chi connectivity index (χ4n) is 6.35. The van der Waals surface area contributed by atoms with Gasteiger partial charge in [-0.15, -0.1) is 24.8 Å². The van der Waals surface area contributed by atoms with Gasteiger partial charge in [0.05, 0.1) is 24.5 Å². The first kappa shape index (κ1) is 30.0. The van der Waals surface area contributed by atoms with Gasteiger partial charge in [0, 0.05) is 18.0 Å². The summed E-state index contributed by atoms with van der Waals surface area (Å²) in [6.45, 7) is 2.06. The van der Waals surface area contributed by atoms with E-state index >= 15 is 0 Å². The van der Waals surface area contributed by atoms with Crippen molar-refractivity contribution in [3.05, 3.63) is 35.1 Å². The van der Waals surface area contributed by atoms with Crippen LogP contribution in [0.4, 0.5) is 0 Å². The summed E-state index contributed by atoms with van der Waals surface area (Å²) in [5.41, 5.74) is 5.36. The zero-order valence-corrected chi connectivity index (χ0v) is 22.8. The Morgan fingerprint density at radius 2 is 2.00 bits per heavy atom. The third kappa shape index (κ3) is 4.21. The number of likely N-dealkylation sites (N-methyl/N-ethyl adjacent to an activating group) is 1. The van der Waals surface area contributed by atoms with E-state index < -0.39 is 53.6 Å². The normalized spacial score (nSPS) is 29.7. The summed E-state index contributed by atoms with van der Waals surface area (Å²) in [7, 11) is 3.55. The Balaban J connectivity index is 0.00000200. The van der Waals surface area contributed by atoms with E-state index in [4.69, 9.17) is 29.8 Å². The number of aliphatic hydroxyl groups is 1. The number of ether oxygens (including phenoxy) is 4. The quantitative estimate of drug-likeness (QED) is 0.400. The van der Waals surface area contributed by atoms with Gasteiger partial charge in [-0.25, -0.2) is 4.79 Å². The van der Waals surface area contributed by atoms with E-state index in [0.29, 0.717) is 24.3 Å². The standard InChI is InChI=1S/C25H30N2O9.2ClH/c1-12(34-18(28)11-14(26)22(29)30)23(31)35-16-6-7-25(32)17-10-13-4-5-15(33-3)20-19(13)24(25,21(16)36-20)8-9-27(17)2;;/h4-6,12,14,17,21,32H,7-11,26H2,1-3H3,(H,29,30);2*1H/t12-,14-,17+,21-,24-,25+;;/m0../s1. The fraction of sp³-hybridized carbons (Fsp3) is 0.560. The van der Waals surface area contributed by atoms with Crippen LogP contribution in [0.5, 0.6) is 11.5 Å². The highest BCUT2D eigenvalue weighted by atomic mass is 35.5. The summed E-state index contributed by atoms with van der Waals surface area (Å²) < 4.78 is 22.7. The number of methoxy groups -OCH3 is 1. The number of hydrogen-bond donors (Lipinski definition) is 3. The second-order valence-corrected chi connectivity index (χ2v) is 9.99. The summed E-state index contributed by atoms with van der Waals surface area (Å²) >= 11 is 0. The van der Waals surface area contributed by atoms with Gasteiger partial charge in [0.25, 0.3) is 0 Å². The molecule has 4 aliphatic rings. The summed E-state index contributed by atoms with van der Waals surface area (Å²) in [5, 5.41) is 21.0. The minimum absolute atomic E-state index is 0. The molecule has 2 aliphatic carbocycles. The van der Waals surface area contributed by atoms with Crippen LogP contribution in [0.15, 0.2) is 24.0 Å². The molecule has 0 aromatic heterocycles. The number of benzene rings is 1. The van der Waals surface area contributed by atoms with Crippen molar-refractivity contribution in [2.45, 2.75) is 67.9 Å². The Morgan fingerprint density at radius 1 is 1.29 bits per heavy atom. The number of nitrogens with zero attached hydrogens (tertiary/aromatic N) is 1. The summed E-state index contributed by atoms with van der Waals surface area (Å²) in [5.74, 6) is -1.79. The molecule has 5 rings (SSSR count). The molecule has 2 aliphatic heterocycles. The van der Waals surface area contributed by atoms with Crippen LogP contribution in [-0.4, -0.2) is 83.6 Å². The Kier molecular flexibility index (Phi) is 8.31. The van der Waals surface area contributed by atoms with Crippen LogP contribution >= 0.6 is 24.8 Å². The van der Waals surface area contributed by atoms with Crippen LogP contribution in [-0.2, 0) is 35.7 Å². The predicted octanol–water partition coefficient (Wildman–Crippen LogP) is 1.09. The number of likely N-dealkylation sites (tertiary alicyclic amines) is 1. The van der Waals surface area contributed by atoms with Crippen LogP contribution in [0.3, 0.4) is 0 Å². The highest BCUT2D eigenvalue weighted by molar-refractivity contribution is 5.86. The smallest absolute Gasteiger partial charge is 0.352 e. The van der Waals surface area contributed by atoms with Gasteiger partial charge in [-0.2, -0.15) is 0 Å². The number of rotatable bonds is 7. The second-order valence-electron chi connectivity index (χ2n) is 9.99. The number of aliphatic carboxylic acids is 1. The molecule has 1 saturated heterocycles. The van der Waals surface area contributed by atoms with Crippen molar-refractivity contribution in [3.8, 4) is 11.5 Å². The lowest BCUT2D eigenvalue weighted by Crippen LogP contribution is -2.74. The van der Waals surface area contributed by atoms with Gasteiger partial charge in [-0.3, -0.25) is 9.59 Å². The van der Waals surface area contributed by atoms with Crippen LogP contribution < -0.4 is 15.2 Å². The largest absolute Gasteiger partial charge is 0.493 e. The van der Waals surface area contributed by atoms with Gasteiger partial charge < -0.3 is 39.8 Å². The van der Waals surface area contributed by atoms with E-state index in [0.717, 1.165) is 17.7 Å². The topological polar surface area (TPSA) is 158 Å². The maximum Gasteiger partial charge on any atom is 0.352 e. The molecule has 210 valence electrons. The van der Waals surface area contributed by atoms with Gasteiger partial charge in [0.1, 0.15) is 11.8 Å². The third-order valence-electron chi connectivity index (χ3n) is 8.12. The first-order valence-electron chi connectivity index (χ1n) is 11.9. The third-order valence-corrected chi connectivity index (χ3v) is 8.12. The Hall–Kier alpha value is -2.57. The molecule has 1 aromatic carbocycles. The average Bonchev–Trinajstić information content (AvgIpc) is 3.18. The van der Waals surface area contributed by atoms with E-state index in [1.54, 1.807) is 13.2 Å². The first-order valence-corrected chi connectivity index (χ1v) is 11.9. The maximum absolute atomic E-state index is 12.9. The van der Waals surface area contributed by atoms with Crippen LogP contribution in [0.25, 0.3) is 0 Å². The molecule has 11 nitrogen and oxygen atoms in total. The number of piperidine rings is 1. The molecule has 0 amide bonds. The van der Waals surface area contributed by atoms with Crippen LogP contribution in [0.1, 0.15) is 37.3 Å². The molecule has 1 aromatic rings. The minimum Gasteiger partial charge on any atom is -0.493 e. The Morgan fingerprint density at radius 3 is 2.66 bits per heavy atom. The second kappa shape index (κ2) is 10.5. The number of hydrogen-bond acceptors (Lipinski definition) is 10. The summed E-state index contributed by atoms with van der Waals surface area (Å²) in [6, 6.07) is 2.28. The molecule has 0 radical (unpaired) electrons. The van der Waals surface area contributed by atoms with Gasteiger partial charge >= 0.3 is 17.9 Å². The molecule has 2 heterocycles. The number of nitrogens with two attached hydrogens (primary N) is 1. The van der Waals surface area contributed by atoms with E-state index in [2.05, 4.69) is 4.90 Å². The number of esters is 2. The molecule has 6 atom stereocenters. The average molecular weight is 575 g/mol. The zero-order chi connectivity index (χ0) is 26.0. The lowest BCUT2D eigenvalue weighted by Gasteiger charge is -2.61. The van der Waals surface area contributed by atoms with Gasteiger partial charge in [0.2, 0.25) is 0 Å². The van der Waals surface area contributed by atoms with Crippen molar-refractivity contribution in [1.82, 2.24) is 4.90 Å². The van der Waals surface area contributed by atoms with Crippen LogP contribution in [0.2, 0.25) is 0 Å². The van der Waals surface area contributed by atoms with Crippen molar-refractivity contribution in [1.29, 1.82) is 0 Å². The number of carbonyl (C=O) groups is 3. The molecular formula is C25H32Cl2N2O9. The summed E-state index contributed by atoms with van der Waals surface area (Å²) in [4.78, 5) is 37.9. The molecule has 13 heteroatoms. The van der Waals surface area contributed by atoms with Crippen molar-refractivity contribution >= 4 is 42.7 Å². The molecule has 0 saturated carbocycles. The molecule has 0 unspecified atom stereocenters. The number of carboxylic acids is 1. The monoisotopic (exact) mass is 574 g/mol. The van der Waals surface area contributed by atoms with Gasteiger partial charge in [-0.05, 0) is 51.1 Å². The lowest BCUT2D eigenvalue weighted by molar-refractivity contribution is -0.175. The van der Waals surface area contributed by atoms with Gasteiger partial charge in [-0.1, -0.05) is 6.07 Å². The Labute approximate surface area is 232 Å². The van der Waals surface area contributed by atoms with Crippen molar-refractivity contribution in [2.75, 3.05) is 20.7 Å². The summed E-state index contributed by atoms with van der Waals surface area (Å²) in [6.07, 6.45) is 0.512. The molecule has 38 heavy (non-hydrogen) atoms. The Bertz CT molecular complexity index is 1180. The van der Waals surface area contributed by atoms with Crippen molar-refractivity contribution < 1.29 is 43.5 Å². The molecular weight excluding hydrogens is 543 g/mol. The number of carbonyl (C=O) groups excluding carboxylic acids is 2. The fourth-order valence-corrected chi connectivity index (χ4v) is 6.35. The van der Waals surface area contributed by atoms with Crippen molar-refractivity contribution in [3.63, 3.8) is 0 Å². The van der Waals surface area contributed by atoms with E-state index in [1.165, 1.54) is 6.92 Å². The van der Waals surface area contributed by atoms with E-state index in [1.807, 2.05) is 19.2 Å². The zero-order valence-electron chi connectivity index (χ0n) is 21.2. The van der Waals surface area contributed by atoms with Crippen molar-refractivity contribution in [2.24, 2.45) is 5.73 Å². The number of carboxylic acid groups (broad SMARTS) is 1. The lowest BCUT2D eigenvalue weighted by atomic mass is 9.50. The predicted molar refractivity (Wildman–Crippen MR) is 138 cm³/mol. The highest BCUT2D eigenvalue weighted by Crippen LogP contribution is 2.65. The molecule has 2 bridgehead atoms. The van der Waals surface area contributed by atoms with Crippen LogP contribution in [0, 0.1) is 0 Å². The first-order chi connectivity index (χ1) is 17.0. The number of halogens is 2.